The number of hydrogen-bond donors (Lipinski definition) is 0. The van der Waals surface area contributed by atoms with Gasteiger partial charge in [0.1, 0.15) is 0 Å². The van der Waals surface area contributed by atoms with Gasteiger partial charge >= 0.3 is 0 Å². The maximum absolute atomic E-state index is 2.46. The normalized spacial score (nSPS) is 12.5. The second-order valence-electron chi connectivity index (χ2n) is 19.2. The van der Waals surface area contributed by atoms with Crippen molar-refractivity contribution in [2.45, 2.75) is 5.41 Å². The maximum atomic E-state index is 2.46. The fraction of sp³-hybridized carbons (Fsp3) is 0.0141. The van der Waals surface area contributed by atoms with Gasteiger partial charge in [0.05, 0.1) is 16.4 Å². The van der Waals surface area contributed by atoms with Gasteiger partial charge in [-0.3, -0.25) is 0 Å². The van der Waals surface area contributed by atoms with Gasteiger partial charge in [0.25, 0.3) is 0 Å². The molecule has 1 aliphatic carbocycles. The Morgan fingerprint density at radius 1 is 0.274 bits per heavy atom. The van der Waals surface area contributed by atoms with E-state index in [1.54, 1.807) is 0 Å². The predicted octanol–water partition coefficient (Wildman–Crippen LogP) is 18.8. The molecule has 2 nitrogen and oxygen atoms in total. The van der Waals surface area contributed by atoms with Gasteiger partial charge in [0.2, 0.25) is 0 Å². The molecule has 12 aromatic carbocycles. The molecule has 1 heterocycles. The Balaban J connectivity index is 0.903. The fourth-order valence-electron chi connectivity index (χ4n) is 11.9. The number of hydrogen-bond acceptors (Lipinski definition) is 1. The highest BCUT2D eigenvalue weighted by atomic mass is 15.1. The molecule has 13 aromatic rings. The van der Waals surface area contributed by atoms with Crippen LogP contribution >= 0.6 is 0 Å². The number of para-hydroxylation sites is 2. The summed E-state index contributed by atoms with van der Waals surface area (Å²) in [5.41, 5.74) is 21.0. The number of fused-ring (bicyclic) bond motifs is 7. The molecule has 342 valence electrons. The van der Waals surface area contributed by atoms with Crippen LogP contribution in [0.4, 0.5) is 17.1 Å². The fourth-order valence-corrected chi connectivity index (χ4v) is 11.9. The molecule has 0 spiro atoms. The molecule has 0 N–H and O–H groups in total. The van der Waals surface area contributed by atoms with Gasteiger partial charge in [-0.15, -0.1) is 0 Å². The lowest BCUT2D eigenvalue weighted by Gasteiger charge is -2.35. The number of benzene rings is 12. The third-order valence-electron chi connectivity index (χ3n) is 15.3. The zero-order valence-corrected chi connectivity index (χ0v) is 40.1. The Morgan fingerprint density at radius 2 is 0.781 bits per heavy atom. The van der Waals surface area contributed by atoms with Crippen LogP contribution in [0.2, 0.25) is 0 Å². The molecule has 1 aromatic heterocycles. The summed E-state index contributed by atoms with van der Waals surface area (Å²) in [6, 6.07) is 107. The van der Waals surface area contributed by atoms with Crippen molar-refractivity contribution in [3.63, 3.8) is 0 Å². The van der Waals surface area contributed by atoms with Crippen LogP contribution in [0, 0.1) is 0 Å². The summed E-state index contributed by atoms with van der Waals surface area (Å²) in [6.07, 6.45) is 0. The van der Waals surface area contributed by atoms with E-state index >= 15 is 0 Å². The highest BCUT2D eigenvalue weighted by Gasteiger charge is 2.46. The third-order valence-corrected chi connectivity index (χ3v) is 15.3. The summed E-state index contributed by atoms with van der Waals surface area (Å²) in [4.78, 5) is 2.43. The molecule has 0 bridgehead atoms. The highest BCUT2D eigenvalue weighted by Crippen LogP contribution is 2.57. The van der Waals surface area contributed by atoms with Crippen LogP contribution in [-0.4, -0.2) is 4.57 Å². The summed E-state index contributed by atoms with van der Waals surface area (Å²) in [6.45, 7) is 0. The van der Waals surface area contributed by atoms with Crippen molar-refractivity contribution in [2.24, 2.45) is 0 Å². The lowest BCUT2D eigenvalue weighted by atomic mass is 9.67. The zero-order chi connectivity index (χ0) is 48.3. The first-order valence-electron chi connectivity index (χ1n) is 25.2. The Hall–Kier alpha value is -9.50. The van der Waals surface area contributed by atoms with E-state index in [2.05, 4.69) is 301 Å². The average Bonchev–Trinajstić information content (AvgIpc) is 4.01. The molecule has 0 radical (unpaired) electrons. The topological polar surface area (TPSA) is 8.17 Å². The smallest absolute Gasteiger partial charge is 0.0714 e. The zero-order valence-electron chi connectivity index (χ0n) is 40.1. The lowest BCUT2D eigenvalue weighted by Crippen LogP contribution is -2.28. The molecule has 0 saturated heterocycles. The summed E-state index contributed by atoms with van der Waals surface area (Å²) in [7, 11) is 0. The van der Waals surface area contributed by atoms with Gasteiger partial charge < -0.3 is 9.47 Å². The molecule has 2 heteroatoms. The van der Waals surface area contributed by atoms with Crippen LogP contribution in [0.1, 0.15) is 22.3 Å². The molecule has 0 amide bonds. The molecule has 14 rings (SSSR count). The monoisotopic (exact) mass is 928 g/mol. The Labute approximate surface area is 426 Å². The molecular weight excluding hydrogens is 881 g/mol. The van der Waals surface area contributed by atoms with E-state index < -0.39 is 5.41 Å². The van der Waals surface area contributed by atoms with Gasteiger partial charge in [-0.1, -0.05) is 212 Å². The van der Waals surface area contributed by atoms with Gasteiger partial charge in [0, 0.05) is 33.5 Å². The quantitative estimate of drug-likeness (QED) is 0.140. The van der Waals surface area contributed by atoms with Gasteiger partial charge in [0.15, 0.2) is 0 Å². The second-order valence-corrected chi connectivity index (χ2v) is 19.2. The van der Waals surface area contributed by atoms with Crippen molar-refractivity contribution in [1.29, 1.82) is 0 Å². The molecule has 0 saturated carbocycles. The van der Waals surface area contributed by atoms with Crippen molar-refractivity contribution in [3.8, 4) is 50.2 Å². The largest absolute Gasteiger partial charge is 0.310 e. The number of nitrogens with zero attached hydrogens (tertiary/aromatic N) is 2. The lowest BCUT2D eigenvalue weighted by molar-refractivity contribution is 0.768. The summed E-state index contributed by atoms with van der Waals surface area (Å²) in [5, 5.41) is 4.98. The standard InChI is InChI=1S/C71H48N2/c1-4-21-57(22-5-1)71(58-23-6-2-7-24-58)67-29-14-12-27-63(67)64-43-42-62(48-68(64)71)72(60-38-33-50(34-39-60)53-19-16-20-54(45-53)55-32-31-49-17-10-11-18-52(49)46-55)61-40-35-51(36-41-61)56-37-44-70-66(47-56)65-28-13-15-30-69(65)73(70)59-25-8-3-9-26-59/h1-48H. The van der Waals surface area contributed by atoms with Crippen LogP contribution < -0.4 is 4.90 Å². The van der Waals surface area contributed by atoms with Crippen LogP contribution in [0.25, 0.3) is 82.8 Å². The average molecular weight is 929 g/mol. The van der Waals surface area contributed by atoms with Crippen molar-refractivity contribution in [2.75, 3.05) is 4.90 Å². The maximum Gasteiger partial charge on any atom is 0.0714 e. The van der Waals surface area contributed by atoms with Crippen LogP contribution in [0.3, 0.4) is 0 Å². The highest BCUT2D eigenvalue weighted by molar-refractivity contribution is 6.10. The molecular formula is C71H48N2. The molecule has 0 atom stereocenters. The SMILES string of the molecule is c1ccc(-n2c3ccccc3c3cc(-c4ccc(N(c5ccc(-c6cccc(-c7ccc8ccccc8c7)c6)cc5)c5ccc6c(c5)C(c5ccccc5)(c5ccccc5)c5ccccc5-6)cc4)ccc32)cc1. The Morgan fingerprint density at radius 3 is 1.49 bits per heavy atom. The van der Waals surface area contributed by atoms with Gasteiger partial charge in [-0.2, -0.15) is 0 Å². The number of rotatable bonds is 9. The van der Waals surface area contributed by atoms with E-state index in [4.69, 9.17) is 0 Å². The molecule has 0 unspecified atom stereocenters. The van der Waals surface area contributed by atoms with E-state index in [-0.39, 0.29) is 0 Å². The minimum atomic E-state index is -0.526. The third kappa shape index (κ3) is 7.02. The van der Waals surface area contributed by atoms with Crippen LogP contribution in [0.15, 0.2) is 291 Å². The first-order valence-corrected chi connectivity index (χ1v) is 25.2. The predicted molar refractivity (Wildman–Crippen MR) is 307 cm³/mol. The van der Waals surface area contributed by atoms with Crippen molar-refractivity contribution < 1.29 is 0 Å². The molecule has 73 heavy (non-hydrogen) atoms. The molecule has 1 aliphatic rings. The van der Waals surface area contributed by atoms with Crippen molar-refractivity contribution >= 4 is 49.6 Å². The van der Waals surface area contributed by atoms with E-state index in [0.717, 1.165) is 22.7 Å². The number of aromatic nitrogens is 1. The second kappa shape index (κ2) is 17.4. The van der Waals surface area contributed by atoms with Crippen LogP contribution in [0.5, 0.6) is 0 Å². The Bertz CT molecular complexity index is 4130. The van der Waals surface area contributed by atoms with Gasteiger partial charge in [-0.25, -0.2) is 0 Å². The van der Waals surface area contributed by atoms with E-state index in [9.17, 15) is 0 Å². The molecule has 0 aliphatic heterocycles. The Kier molecular flexibility index (Phi) is 10.1. The van der Waals surface area contributed by atoms with Crippen molar-refractivity contribution in [1.82, 2.24) is 4.57 Å². The minimum absolute atomic E-state index is 0.526. The van der Waals surface area contributed by atoms with E-state index in [1.807, 2.05) is 0 Å². The summed E-state index contributed by atoms with van der Waals surface area (Å²) < 4.78 is 2.38. The summed E-state index contributed by atoms with van der Waals surface area (Å²) in [5.74, 6) is 0. The number of anilines is 3. The first kappa shape index (κ1) is 42.4. The summed E-state index contributed by atoms with van der Waals surface area (Å²) >= 11 is 0. The van der Waals surface area contributed by atoms with E-state index in [1.165, 1.54) is 99.3 Å². The van der Waals surface area contributed by atoms with Gasteiger partial charge in [-0.05, 0) is 156 Å². The molecule has 0 fully saturated rings. The van der Waals surface area contributed by atoms with Crippen molar-refractivity contribution in [3.05, 3.63) is 313 Å². The van der Waals surface area contributed by atoms with Crippen LogP contribution in [-0.2, 0) is 5.41 Å². The van der Waals surface area contributed by atoms with E-state index in [0.29, 0.717) is 0 Å². The first-order chi connectivity index (χ1) is 36.2. The minimum Gasteiger partial charge on any atom is -0.310 e.